The van der Waals surface area contributed by atoms with Crippen molar-refractivity contribution in [1.29, 1.82) is 0 Å². The summed E-state index contributed by atoms with van der Waals surface area (Å²) in [6.07, 6.45) is -3.64. The molecule has 0 aliphatic rings. The van der Waals surface area contributed by atoms with Crippen molar-refractivity contribution in [3.8, 4) is 11.6 Å². The van der Waals surface area contributed by atoms with Gasteiger partial charge in [-0.05, 0) is 35.9 Å². The van der Waals surface area contributed by atoms with E-state index in [1.165, 1.54) is 0 Å². The van der Waals surface area contributed by atoms with Gasteiger partial charge in [0.1, 0.15) is 5.75 Å². The monoisotopic (exact) mass is 292 g/mol. The number of rotatable bonds is 2. The average molecular weight is 293 g/mol. The maximum Gasteiger partial charge on any atom is 0.416 e. The van der Waals surface area contributed by atoms with Crippen molar-refractivity contribution in [1.82, 2.24) is 9.97 Å². The number of benzene rings is 1. The van der Waals surface area contributed by atoms with E-state index < -0.39 is 23.4 Å². The number of hydrogen-bond donors (Lipinski definition) is 0. The first-order valence-electron chi connectivity index (χ1n) is 4.89. The van der Waals surface area contributed by atoms with Crippen molar-refractivity contribution >= 4 is 11.6 Å². The highest BCUT2D eigenvalue weighted by molar-refractivity contribution is 6.28. The number of halogens is 5. The Labute approximate surface area is 109 Å². The fourth-order valence-corrected chi connectivity index (χ4v) is 1.35. The Bertz CT molecular complexity index is 586. The maximum atomic E-state index is 13.2. The van der Waals surface area contributed by atoms with Crippen LogP contribution in [0.15, 0.2) is 30.5 Å². The van der Waals surface area contributed by atoms with Crippen LogP contribution in [0.4, 0.5) is 17.6 Å². The van der Waals surface area contributed by atoms with Crippen LogP contribution in [0.3, 0.4) is 0 Å². The van der Waals surface area contributed by atoms with Crippen LogP contribution in [-0.2, 0) is 6.18 Å². The van der Waals surface area contributed by atoms with Gasteiger partial charge < -0.3 is 4.74 Å². The second kappa shape index (κ2) is 5.00. The molecule has 0 saturated carbocycles. The lowest BCUT2D eigenvalue weighted by molar-refractivity contribution is -0.137. The van der Waals surface area contributed by atoms with Gasteiger partial charge in [0.15, 0.2) is 0 Å². The van der Waals surface area contributed by atoms with Crippen LogP contribution in [0.25, 0.3) is 0 Å². The zero-order valence-corrected chi connectivity index (χ0v) is 9.84. The minimum absolute atomic E-state index is 0.00154. The Morgan fingerprint density at radius 3 is 2.32 bits per heavy atom. The number of aromatic nitrogens is 2. The Kier molecular flexibility index (Phi) is 3.57. The van der Waals surface area contributed by atoms with Crippen LogP contribution < -0.4 is 4.74 Å². The standard InChI is InChI=1S/C11H5ClF4N2O/c12-10-17-5-8(13)9(18-10)19-7-3-1-6(2-4-7)11(14,15)16/h1-5H. The van der Waals surface area contributed by atoms with Gasteiger partial charge in [-0.3, -0.25) is 0 Å². The molecular formula is C11H5ClF4N2O. The van der Waals surface area contributed by atoms with Crippen LogP contribution in [0.5, 0.6) is 11.6 Å². The third kappa shape index (κ3) is 3.31. The van der Waals surface area contributed by atoms with Gasteiger partial charge in [-0.1, -0.05) is 0 Å². The summed E-state index contributed by atoms with van der Waals surface area (Å²) in [6, 6.07) is 3.74. The molecule has 0 atom stereocenters. The molecule has 8 heteroatoms. The van der Waals surface area contributed by atoms with E-state index in [2.05, 4.69) is 9.97 Å². The Morgan fingerprint density at radius 1 is 1.11 bits per heavy atom. The second-order valence-electron chi connectivity index (χ2n) is 3.42. The highest BCUT2D eigenvalue weighted by Gasteiger charge is 2.30. The summed E-state index contributed by atoms with van der Waals surface area (Å²) < 4.78 is 55.2. The predicted octanol–water partition coefficient (Wildman–Crippen LogP) is 4.08. The number of ether oxygens (including phenoxy) is 1. The molecule has 2 aromatic rings. The molecule has 1 aromatic carbocycles. The summed E-state index contributed by atoms with van der Waals surface area (Å²) in [5.41, 5.74) is -0.832. The van der Waals surface area contributed by atoms with Gasteiger partial charge in [0.25, 0.3) is 5.88 Å². The van der Waals surface area contributed by atoms with E-state index in [1.807, 2.05) is 0 Å². The molecule has 0 fully saturated rings. The van der Waals surface area contributed by atoms with Crippen molar-refractivity contribution in [3.63, 3.8) is 0 Å². The van der Waals surface area contributed by atoms with E-state index in [-0.39, 0.29) is 11.0 Å². The van der Waals surface area contributed by atoms with Crippen LogP contribution in [0, 0.1) is 5.82 Å². The topological polar surface area (TPSA) is 35.0 Å². The molecule has 0 saturated heterocycles. The Hall–Kier alpha value is -1.89. The third-order valence-electron chi connectivity index (χ3n) is 2.08. The first kappa shape index (κ1) is 13.5. The molecular weight excluding hydrogens is 288 g/mol. The molecule has 19 heavy (non-hydrogen) atoms. The van der Waals surface area contributed by atoms with E-state index >= 15 is 0 Å². The van der Waals surface area contributed by atoms with Crippen molar-refractivity contribution < 1.29 is 22.3 Å². The normalized spacial score (nSPS) is 11.4. The molecule has 0 aliphatic heterocycles. The molecule has 0 spiro atoms. The SMILES string of the molecule is Fc1cnc(Cl)nc1Oc1ccc(C(F)(F)F)cc1. The van der Waals surface area contributed by atoms with Gasteiger partial charge in [-0.25, -0.2) is 4.98 Å². The van der Waals surface area contributed by atoms with Gasteiger partial charge in [0.2, 0.25) is 11.1 Å². The highest BCUT2D eigenvalue weighted by atomic mass is 35.5. The first-order chi connectivity index (χ1) is 8.86. The van der Waals surface area contributed by atoms with Gasteiger partial charge in [-0.15, -0.1) is 0 Å². The molecule has 1 aromatic heterocycles. The maximum absolute atomic E-state index is 13.2. The smallest absolute Gasteiger partial charge is 0.416 e. The average Bonchev–Trinajstić information content (AvgIpc) is 2.33. The van der Waals surface area contributed by atoms with E-state index in [0.717, 1.165) is 30.5 Å². The quantitative estimate of drug-likeness (QED) is 0.618. The minimum atomic E-state index is -4.44. The van der Waals surface area contributed by atoms with Crippen LogP contribution in [0.2, 0.25) is 5.28 Å². The fourth-order valence-electron chi connectivity index (χ4n) is 1.23. The summed E-state index contributed by atoms with van der Waals surface area (Å²) in [5.74, 6) is -1.33. The summed E-state index contributed by atoms with van der Waals surface area (Å²) in [7, 11) is 0. The predicted molar refractivity (Wildman–Crippen MR) is 58.5 cm³/mol. The lowest BCUT2D eigenvalue weighted by atomic mass is 10.2. The number of nitrogens with zero attached hydrogens (tertiary/aromatic N) is 2. The van der Waals surface area contributed by atoms with Gasteiger partial charge in [0.05, 0.1) is 11.8 Å². The fraction of sp³-hybridized carbons (Fsp3) is 0.0909. The molecule has 2 rings (SSSR count). The number of alkyl halides is 3. The first-order valence-corrected chi connectivity index (χ1v) is 5.27. The van der Waals surface area contributed by atoms with Crippen LogP contribution in [0.1, 0.15) is 5.56 Å². The summed E-state index contributed by atoms with van der Waals surface area (Å²) in [5, 5.41) is -0.233. The van der Waals surface area contributed by atoms with E-state index in [4.69, 9.17) is 16.3 Å². The van der Waals surface area contributed by atoms with Gasteiger partial charge in [0, 0.05) is 0 Å². The highest BCUT2D eigenvalue weighted by Crippen LogP contribution is 2.31. The minimum Gasteiger partial charge on any atom is -0.436 e. The molecule has 3 nitrogen and oxygen atoms in total. The number of hydrogen-bond acceptors (Lipinski definition) is 3. The molecule has 0 radical (unpaired) electrons. The summed E-state index contributed by atoms with van der Waals surface area (Å²) in [4.78, 5) is 6.85. The molecule has 0 N–H and O–H groups in total. The third-order valence-corrected chi connectivity index (χ3v) is 2.26. The molecule has 1 heterocycles. The largest absolute Gasteiger partial charge is 0.436 e. The van der Waals surface area contributed by atoms with E-state index in [0.29, 0.717) is 0 Å². The second-order valence-corrected chi connectivity index (χ2v) is 3.75. The van der Waals surface area contributed by atoms with Crippen molar-refractivity contribution in [3.05, 3.63) is 47.1 Å². The van der Waals surface area contributed by atoms with E-state index in [9.17, 15) is 17.6 Å². The van der Waals surface area contributed by atoms with E-state index in [1.54, 1.807) is 0 Å². The molecule has 0 unspecified atom stereocenters. The van der Waals surface area contributed by atoms with Crippen molar-refractivity contribution in [2.45, 2.75) is 6.18 Å². The summed E-state index contributed by atoms with van der Waals surface area (Å²) >= 11 is 5.45. The Balaban J connectivity index is 2.22. The van der Waals surface area contributed by atoms with Gasteiger partial charge in [-0.2, -0.15) is 22.5 Å². The molecule has 100 valence electrons. The summed E-state index contributed by atoms with van der Waals surface area (Å²) in [6.45, 7) is 0. The van der Waals surface area contributed by atoms with Crippen LogP contribution in [-0.4, -0.2) is 9.97 Å². The van der Waals surface area contributed by atoms with Gasteiger partial charge >= 0.3 is 6.18 Å². The molecule has 0 aliphatic carbocycles. The van der Waals surface area contributed by atoms with Crippen molar-refractivity contribution in [2.75, 3.05) is 0 Å². The molecule has 0 amide bonds. The zero-order valence-electron chi connectivity index (χ0n) is 9.08. The molecule has 0 bridgehead atoms. The lowest BCUT2D eigenvalue weighted by Crippen LogP contribution is -2.04. The Morgan fingerprint density at radius 2 is 1.74 bits per heavy atom. The lowest BCUT2D eigenvalue weighted by Gasteiger charge is -2.08. The van der Waals surface area contributed by atoms with Crippen LogP contribution >= 0.6 is 11.6 Å². The van der Waals surface area contributed by atoms with Crippen molar-refractivity contribution in [2.24, 2.45) is 0 Å². The zero-order chi connectivity index (χ0) is 14.0.